The smallest absolute Gasteiger partial charge is 0.251 e. The van der Waals surface area contributed by atoms with Gasteiger partial charge in [-0.05, 0) is 25.0 Å². The summed E-state index contributed by atoms with van der Waals surface area (Å²) in [4.78, 5) is 25.5. The highest BCUT2D eigenvalue weighted by atomic mass is 16.2. The highest BCUT2D eigenvalue weighted by Crippen LogP contribution is 2.28. The number of hydrogen-bond acceptors (Lipinski definition) is 2. The van der Waals surface area contributed by atoms with Gasteiger partial charge in [0.2, 0.25) is 0 Å². The summed E-state index contributed by atoms with van der Waals surface area (Å²) in [6, 6.07) is 9.74. The Morgan fingerprint density at radius 1 is 1.25 bits per heavy atom. The Kier molecular flexibility index (Phi) is 4.51. The predicted molar refractivity (Wildman–Crippen MR) is 78.8 cm³/mol. The van der Waals surface area contributed by atoms with Gasteiger partial charge in [0.15, 0.2) is 5.78 Å². The lowest BCUT2D eigenvalue weighted by molar-refractivity contribution is -0.124. The maximum absolute atomic E-state index is 12.0. The molecule has 0 aliphatic carbocycles. The fraction of sp³-hybridized carbons (Fsp3) is 0.294. The first kappa shape index (κ1) is 14.3. The van der Waals surface area contributed by atoms with Gasteiger partial charge in [0.25, 0.3) is 5.91 Å². The van der Waals surface area contributed by atoms with Crippen molar-refractivity contribution in [1.82, 2.24) is 4.90 Å². The number of carbonyl (C=O) groups is 2. The minimum atomic E-state index is -0.0839. The van der Waals surface area contributed by atoms with Crippen LogP contribution in [0, 0.1) is 0 Å². The molecule has 20 heavy (non-hydrogen) atoms. The summed E-state index contributed by atoms with van der Waals surface area (Å²) in [5.74, 6) is -0.0102. The number of amides is 1. The number of nitrogens with zero attached hydrogens (tertiary/aromatic N) is 1. The highest BCUT2D eigenvalue weighted by Gasteiger charge is 2.26. The second-order valence-electron chi connectivity index (χ2n) is 4.91. The van der Waals surface area contributed by atoms with Crippen LogP contribution < -0.4 is 0 Å². The molecular formula is C17H19NO2. The van der Waals surface area contributed by atoms with E-state index in [0.717, 1.165) is 12.0 Å². The molecule has 104 valence electrons. The minimum absolute atomic E-state index is 0.0621. The summed E-state index contributed by atoms with van der Waals surface area (Å²) in [5.41, 5.74) is 1.74. The molecule has 1 amide bonds. The van der Waals surface area contributed by atoms with Crippen LogP contribution in [0.15, 0.2) is 54.3 Å². The van der Waals surface area contributed by atoms with Gasteiger partial charge in [-0.1, -0.05) is 37.3 Å². The van der Waals surface area contributed by atoms with E-state index in [-0.39, 0.29) is 17.7 Å². The van der Waals surface area contributed by atoms with Crippen molar-refractivity contribution in [2.75, 3.05) is 0 Å². The fourth-order valence-electron chi connectivity index (χ4n) is 2.34. The van der Waals surface area contributed by atoms with Crippen molar-refractivity contribution in [3.8, 4) is 0 Å². The molecule has 0 saturated carbocycles. The summed E-state index contributed by atoms with van der Waals surface area (Å²) in [6.07, 6.45) is 6.14. The maximum atomic E-state index is 12.0. The van der Waals surface area contributed by atoms with Crippen LogP contribution in [0.4, 0.5) is 0 Å². The van der Waals surface area contributed by atoms with Crippen molar-refractivity contribution in [1.29, 1.82) is 0 Å². The molecular weight excluding hydrogens is 250 g/mol. The van der Waals surface area contributed by atoms with Crippen LogP contribution in [0.5, 0.6) is 0 Å². The van der Waals surface area contributed by atoms with E-state index in [4.69, 9.17) is 0 Å². The van der Waals surface area contributed by atoms with E-state index in [1.807, 2.05) is 44.2 Å². The molecule has 0 N–H and O–H groups in total. The van der Waals surface area contributed by atoms with Crippen LogP contribution in [-0.4, -0.2) is 16.6 Å². The van der Waals surface area contributed by atoms with Crippen LogP contribution >= 0.6 is 0 Å². The molecule has 1 atom stereocenters. The lowest BCUT2D eigenvalue weighted by Crippen LogP contribution is -2.27. The van der Waals surface area contributed by atoms with Gasteiger partial charge in [-0.15, -0.1) is 0 Å². The molecule has 0 fully saturated rings. The Labute approximate surface area is 119 Å². The van der Waals surface area contributed by atoms with Gasteiger partial charge < -0.3 is 4.90 Å². The third kappa shape index (κ3) is 3.05. The van der Waals surface area contributed by atoms with Gasteiger partial charge in [-0.3, -0.25) is 9.59 Å². The van der Waals surface area contributed by atoms with Crippen molar-refractivity contribution in [2.24, 2.45) is 0 Å². The predicted octanol–water partition coefficient (Wildman–Crippen LogP) is 3.40. The molecule has 1 aromatic rings. The lowest BCUT2D eigenvalue weighted by Gasteiger charge is -2.26. The second-order valence-corrected chi connectivity index (χ2v) is 4.91. The summed E-state index contributed by atoms with van der Waals surface area (Å²) in [6.45, 7) is 3.94. The number of hydrogen-bond donors (Lipinski definition) is 0. The van der Waals surface area contributed by atoms with Gasteiger partial charge in [0, 0.05) is 24.3 Å². The Morgan fingerprint density at radius 3 is 2.60 bits per heavy atom. The van der Waals surface area contributed by atoms with Crippen molar-refractivity contribution >= 4 is 11.7 Å². The number of ketones is 1. The Hall–Kier alpha value is -2.16. The largest absolute Gasteiger partial charge is 0.302 e. The quantitative estimate of drug-likeness (QED) is 0.768. The Bertz CT molecular complexity index is 558. The van der Waals surface area contributed by atoms with Crippen molar-refractivity contribution in [3.05, 3.63) is 59.8 Å². The van der Waals surface area contributed by atoms with Gasteiger partial charge in [-0.2, -0.15) is 0 Å². The fourth-order valence-corrected chi connectivity index (χ4v) is 2.34. The molecule has 2 rings (SSSR count). The van der Waals surface area contributed by atoms with E-state index in [2.05, 4.69) is 0 Å². The summed E-state index contributed by atoms with van der Waals surface area (Å²) in [5, 5.41) is 0. The van der Waals surface area contributed by atoms with Crippen molar-refractivity contribution < 1.29 is 9.59 Å². The van der Waals surface area contributed by atoms with E-state index >= 15 is 0 Å². The molecule has 0 aromatic heterocycles. The molecule has 1 aromatic carbocycles. The molecule has 0 spiro atoms. The standard InChI is InChI=1S/C17H19NO2/c1-3-7-16(19)12-15-10-11-17(20)18(15)13(2)14-8-5-4-6-9-14/h4-6,8-13H,3,7H2,1-2H3/b15-12+/t13-/m0/s1. The maximum Gasteiger partial charge on any atom is 0.251 e. The van der Waals surface area contributed by atoms with Crippen LogP contribution in [0.2, 0.25) is 0 Å². The van der Waals surface area contributed by atoms with E-state index in [9.17, 15) is 9.59 Å². The zero-order valence-corrected chi connectivity index (χ0v) is 11.9. The molecule has 3 nitrogen and oxygen atoms in total. The van der Waals surface area contributed by atoms with Crippen LogP contribution in [0.1, 0.15) is 38.3 Å². The first-order chi connectivity index (χ1) is 9.63. The monoisotopic (exact) mass is 269 g/mol. The topological polar surface area (TPSA) is 37.4 Å². The lowest BCUT2D eigenvalue weighted by atomic mass is 10.1. The molecule has 1 heterocycles. The Morgan fingerprint density at radius 2 is 1.95 bits per heavy atom. The van der Waals surface area contributed by atoms with Gasteiger partial charge in [0.1, 0.15) is 0 Å². The molecule has 0 unspecified atom stereocenters. The Balaban J connectivity index is 2.24. The van der Waals surface area contributed by atoms with E-state index in [1.165, 1.54) is 6.08 Å². The first-order valence-electron chi connectivity index (χ1n) is 6.94. The SMILES string of the molecule is CCCC(=O)/C=C1\C=CC(=O)N1[C@@H](C)c1ccccc1. The van der Waals surface area contributed by atoms with Gasteiger partial charge in [0.05, 0.1) is 6.04 Å². The summed E-state index contributed by atoms with van der Waals surface area (Å²) < 4.78 is 0. The first-order valence-corrected chi connectivity index (χ1v) is 6.94. The molecule has 1 aliphatic rings. The average Bonchev–Trinajstić information content (AvgIpc) is 2.80. The third-order valence-electron chi connectivity index (χ3n) is 3.39. The second kappa shape index (κ2) is 6.33. The molecule has 0 bridgehead atoms. The zero-order chi connectivity index (χ0) is 14.5. The molecule has 0 saturated heterocycles. The number of carbonyl (C=O) groups excluding carboxylic acids is 2. The summed E-state index contributed by atoms with van der Waals surface area (Å²) >= 11 is 0. The van der Waals surface area contributed by atoms with Gasteiger partial charge >= 0.3 is 0 Å². The van der Waals surface area contributed by atoms with E-state index in [1.54, 1.807) is 17.1 Å². The number of rotatable bonds is 5. The van der Waals surface area contributed by atoms with Crippen molar-refractivity contribution in [3.63, 3.8) is 0 Å². The van der Waals surface area contributed by atoms with Gasteiger partial charge in [-0.25, -0.2) is 0 Å². The van der Waals surface area contributed by atoms with E-state index < -0.39 is 0 Å². The van der Waals surface area contributed by atoms with Crippen LogP contribution in [0.3, 0.4) is 0 Å². The van der Waals surface area contributed by atoms with Crippen LogP contribution in [-0.2, 0) is 9.59 Å². The number of benzene rings is 1. The third-order valence-corrected chi connectivity index (χ3v) is 3.39. The van der Waals surface area contributed by atoms with E-state index in [0.29, 0.717) is 12.1 Å². The molecule has 1 aliphatic heterocycles. The average molecular weight is 269 g/mol. The zero-order valence-electron chi connectivity index (χ0n) is 11.9. The minimum Gasteiger partial charge on any atom is -0.302 e. The molecule has 3 heteroatoms. The molecule has 0 radical (unpaired) electrons. The number of allylic oxidation sites excluding steroid dienone is 2. The highest BCUT2D eigenvalue weighted by molar-refractivity contribution is 5.97. The van der Waals surface area contributed by atoms with Crippen molar-refractivity contribution in [2.45, 2.75) is 32.7 Å². The van der Waals surface area contributed by atoms with Crippen LogP contribution in [0.25, 0.3) is 0 Å². The summed E-state index contributed by atoms with van der Waals surface area (Å²) in [7, 11) is 0. The normalized spacial score (nSPS) is 17.8.